The van der Waals surface area contributed by atoms with Crippen molar-refractivity contribution < 1.29 is 22.8 Å². The molecule has 2 aliphatic heterocycles. The highest BCUT2D eigenvalue weighted by molar-refractivity contribution is 5.97. The van der Waals surface area contributed by atoms with Crippen molar-refractivity contribution in [3.63, 3.8) is 0 Å². The summed E-state index contributed by atoms with van der Waals surface area (Å²) in [5.74, 6) is -0.409. The van der Waals surface area contributed by atoms with Crippen LogP contribution in [0.2, 0.25) is 0 Å². The molecule has 0 saturated carbocycles. The van der Waals surface area contributed by atoms with Crippen LogP contribution in [-0.4, -0.2) is 36.3 Å². The van der Waals surface area contributed by atoms with E-state index in [2.05, 4.69) is 0 Å². The highest BCUT2D eigenvalue weighted by Crippen LogP contribution is 2.42. The van der Waals surface area contributed by atoms with Gasteiger partial charge < -0.3 is 9.80 Å². The van der Waals surface area contributed by atoms with Crippen molar-refractivity contribution in [3.05, 3.63) is 65.7 Å². The Morgan fingerprint density at radius 2 is 1.75 bits per heavy atom. The van der Waals surface area contributed by atoms with E-state index >= 15 is 0 Å². The quantitative estimate of drug-likeness (QED) is 0.781. The zero-order chi connectivity index (χ0) is 19.9. The number of anilines is 1. The Bertz CT molecular complexity index is 913. The number of halogens is 3. The van der Waals surface area contributed by atoms with Crippen LogP contribution in [0.15, 0.2) is 54.6 Å². The Balaban J connectivity index is 1.50. The third-order valence-corrected chi connectivity index (χ3v) is 5.55. The van der Waals surface area contributed by atoms with Crippen molar-refractivity contribution in [2.45, 2.75) is 19.0 Å². The number of carbonyl (C=O) groups excluding carboxylic acids is 2. The van der Waals surface area contributed by atoms with Crippen LogP contribution >= 0.6 is 0 Å². The van der Waals surface area contributed by atoms with Crippen molar-refractivity contribution in [1.29, 1.82) is 0 Å². The number of hydrogen-bond acceptors (Lipinski definition) is 2. The maximum atomic E-state index is 12.9. The van der Waals surface area contributed by atoms with Crippen molar-refractivity contribution in [2.24, 2.45) is 5.41 Å². The zero-order valence-corrected chi connectivity index (χ0v) is 15.1. The lowest BCUT2D eigenvalue weighted by Gasteiger charge is -2.24. The van der Waals surface area contributed by atoms with E-state index in [1.165, 1.54) is 12.1 Å². The molecule has 4 nitrogen and oxygen atoms in total. The van der Waals surface area contributed by atoms with E-state index in [9.17, 15) is 22.8 Å². The van der Waals surface area contributed by atoms with Crippen molar-refractivity contribution >= 4 is 17.5 Å². The minimum Gasteiger partial charge on any atom is -0.338 e. The summed E-state index contributed by atoms with van der Waals surface area (Å²) in [6, 6.07) is 13.9. The summed E-state index contributed by atoms with van der Waals surface area (Å²) >= 11 is 0. The average Bonchev–Trinajstić information content (AvgIpc) is 3.24. The van der Waals surface area contributed by atoms with Crippen LogP contribution < -0.4 is 4.90 Å². The smallest absolute Gasteiger partial charge is 0.338 e. The van der Waals surface area contributed by atoms with Crippen LogP contribution in [0, 0.1) is 5.41 Å². The Kier molecular flexibility index (Phi) is 4.40. The molecule has 0 aliphatic carbocycles. The Hall–Kier alpha value is -2.83. The first-order valence-corrected chi connectivity index (χ1v) is 9.09. The number of likely N-dealkylation sites (tertiary alicyclic amines) is 1. The van der Waals surface area contributed by atoms with Gasteiger partial charge in [0.15, 0.2) is 0 Å². The zero-order valence-electron chi connectivity index (χ0n) is 15.1. The van der Waals surface area contributed by atoms with Gasteiger partial charge in [0.1, 0.15) is 0 Å². The number of alkyl halides is 3. The molecule has 1 spiro atoms. The average molecular weight is 388 g/mol. The molecule has 7 heteroatoms. The molecule has 2 aromatic rings. The highest BCUT2D eigenvalue weighted by atomic mass is 19.4. The van der Waals surface area contributed by atoms with Gasteiger partial charge in [-0.05, 0) is 36.8 Å². The topological polar surface area (TPSA) is 40.6 Å². The first-order valence-electron chi connectivity index (χ1n) is 9.09. The van der Waals surface area contributed by atoms with E-state index in [1.54, 1.807) is 9.80 Å². The molecule has 2 aromatic carbocycles. The number of hydrogen-bond donors (Lipinski definition) is 0. The van der Waals surface area contributed by atoms with Gasteiger partial charge in [0.2, 0.25) is 5.91 Å². The van der Waals surface area contributed by atoms with E-state index in [-0.39, 0.29) is 16.9 Å². The van der Waals surface area contributed by atoms with Crippen LogP contribution in [0.25, 0.3) is 0 Å². The normalized spacial score (nSPS) is 22.3. The first kappa shape index (κ1) is 18.5. The second kappa shape index (κ2) is 6.65. The maximum absolute atomic E-state index is 12.9. The molecular formula is C21H19F3N2O2. The Labute approximate surface area is 160 Å². The fourth-order valence-corrected chi connectivity index (χ4v) is 4.13. The lowest BCUT2D eigenvalue weighted by atomic mass is 9.86. The molecule has 0 radical (unpaired) electrons. The summed E-state index contributed by atoms with van der Waals surface area (Å²) in [6.45, 7) is 1.32. The third kappa shape index (κ3) is 3.37. The van der Waals surface area contributed by atoms with Crippen LogP contribution in [0.3, 0.4) is 0 Å². The van der Waals surface area contributed by atoms with Gasteiger partial charge in [-0.15, -0.1) is 0 Å². The number of nitrogens with zero attached hydrogens (tertiary/aromatic N) is 2. The summed E-state index contributed by atoms with van der Waals surface area (Å²) < 4.78 is 38.8. The molecule has 0 aromatic heterocycles. The molecule has 0 N–H and O–H groups in total. The van der Waals surface area contributed by atoms with Gasteiger partial charge in [0.25, 0.3) is 5.91 Å². The molecule has 146 valence electrons. The maximum Gasteiger partial charge on any atom is 0.416 e. The van der Waals surface area contributed by atoms with Gasteiger partial charge in [0, 0.05) is 42.7 Å². The van der Waals surface area contributed by atoms with Crippen molar-refractivity contribution in [1.82, 2.24) is 4.90 Å². The van der Waals surface area contributed by atoms with Crippen LogP contribution in [0.4, 0.5) is 18.9 Å². The van der Waals surface area contributed by atoms with E-state index in [0.29, 0.717) is 32.5 Å². The molecule has 0 unspecified atom stereocenters. The van der Waals surface area contributed by atoms with Crippen molar-refractivity contribution in [3.8, 4) is 0 Å². The predicted molar refractivity (Wildman–Crippen MR) is 97.8 cm³/mol. The number of para-hydroxylation sites is 1. The van der Waals surface area contributed by atoms with Gasteiger partial charge in [-0.25, -0.2) is 0 Å². The standard InChI is InChI=1S/C21H19F3N2O2/c22-21(23,24)16-6-4-5-15(11-16)19(28)25-10-9-20(13-25)12-18(27)26(14-20)17-7-2-1-3-8-17/h1-8,11H,9-10,12-14H2/t20-/m0/s1. The van der Waals surface area contributed by atoms with Gasteiger partial charge >= 0.3 is 6.18 Å². The third-order valence-electron chi connectivity index (χ3n) is 5.55. The highest BCUT2D eigenvalue weighted by Gasteiger charge is 2.49. The molecule has 2 saturated heterocycles. The fourth-order valence-electron chi connectivity index (χ4n) is 4.13. The number of carbonyl (C=O) groups is 2. The summed E-state index contributed by atoms with van der Waals surface area (Å²) in [6.07, 6.45) is -3.49. The fraction of sp³-hybridized carbons (Fsp3) is 0.333. The van der Waals surface area contributed by atoms with Gasteiger partial charge in [0.05, 0.1) is 5.56 Å². The molecular weight excluding hydrogens is 369 g/mol. The lowest BCUT2D eigenvalue weighted by molar-refractivity contribution is -0.137. The number of amides is 2. The van der Waals surface area contributed by atoms with Gasteiger partial charge in [-0.2, -0.15) is 13.2 Å². The molecule has 28 heavy (non-hydrogen) atoms. The minimum absolute atomic E-state index is 0.0135. The second-order valence-electron chi connectivity index (χ2n) is 7.55. The SMILES string of the molecule is O=C(c1cccc(C(F)(F)F)c1)N1CC[C@]2(CC(=O)N(c3ccccc3)C2)C1. The predicted octanol–water partition coefficient (Wildman–Crippen LogP) is 3.97. The van der Waals surface area contributed by atoms with E-state index in [0.717, 1.165) is 17.8 Å². The summed E-state index contributed by atoms with van der Waals surface area (Å²) in [5, 5.41) is 0. The van der Waals surface area contributed by atoms with E-state index in [4.69, 9.17) is 0 Å². The van der Waals surface area contributed by atoms with Crippen LogP contribution in [0.1, 0.15) is 28.8 Å². The molecule has 2 fully saturated rings. The molecule has 2 heterocycles. The summed E-state index contributed by atoms with van der Waals surface area (Å²) in [7, 11) is 0. The summed E-state index contributed by atoms with van der Waals surface area (Å²) in [4.78, 5) is 28.6. The number of rotatable bonds is 2. The van der Waals surface area contributed by atoms with Gasteiger partial charge in [-0.1, -0.05) is 24.3 Å². The summed E-state index contributed by atoms with van der Waals surface area (Å²) in [5.41, 5.74) is -0.328. The Morgan fingerprint density at radius 1 is 1.00 bits per heavy atom. The molecule has 0 bridgehead atoms. The minimum atomic E-state index is -4.49. The van der Waals surface area contributed by atoms with E-state index in [1.807, 2.05) is 30.3 Å². The largest absolute Gasteiger partial charge is 0.416 e. The van der Waals surface area contributed by atoms with E-state index < -0.39 is 17.6 Å². The first-order chi connectivity index (χ1) is 13.3. The van der Waals surface area contributed by atoms with Crippen LogP contribution in [-0.2, 0) is 11.0 Å². The lowest BCUT2D eigenvalue weighted by Crippen LogP contribution is -2.34. The van der Waals surface area contributed by atoms with Crippen LogP contribution in [0.5, 0.6) is 0 Å². The molecule has 2 amide bonds. The number of benzene rings is 2. The molecule has 2 aliphatic rings. The van der Waals surface area contributed by atoms with Gasteiger partial charge in [-0.3, -0.25) is 9.59 Å². The second-order valence-corrected chi connectivity index (χ2v) is 7.55. The Morgan fingerprint density at radius 3 is 2.46 bits per heavy atom. The monoisotopic (exact) mass is 388 g/mol. The van der Waals surface area contributed by atoms with Crippen molar-refractivity contribution in [2.75, 3.05) is 24.5 Å². The molecule has 4 rings (SSSR count). The molecule has 1 atom stereocenters.